The number of aryl methyl sites for hydroxylation is 1. The van der Waals surface area contributed by atoms with Gasteiger partial charge in [-0.3, -0.25) is 9.59 Å². The molecule has 0 fully saturated rings. The lowest BCUT2D eigenvalue weighted by atomic mass is 10.1. The molecule has 90 valence electrons. The van der Waals surface area contributed by atoms with Gasteiger partial charge in [0.2, 0.25) is 6.29 Å². The van der Waals surface area contributed by atoms with Gasteiger partial charge in [-0.2, -0.15) is 0 Å². The highest BCUT2D eigenvalue weighted by atomic mass is 16.6. The number of ether oxygens (including phenoxy) is 2. The monoisotopic (exact) mass is 235 g/mol. The minimum atomic E-state index is -0.626. The number of hydrogen-bond acceptors (Lipinski definition) is 4. The van der Waals surface area contributed by atoms with Crippen molar-refractivity contribution in [2.75, 3.05) is 13.2 Å². The lowest BCUT2D eigenvalue weighted by molar-refractivity contribution is -0.131. The minimum Gasteiger partial charge on any atom is -0.486 e. The maximum Gasteiger partial charge on any atom is 0.284 e. The van der Waals surface area contributed by atoms with E-state index in [4.69, 9.17) is 9.47 Å². The van der Waals surface area contributed by atoms with Crippen LogP contribution in [0.5, 0.6) is 11.5 Å². The zero-order valence-corrected chi connectivity index (χ0v) is 9.49. The first kappa shape index (κ1) is 11.4. The Bertz CT molecular complexity index is 456. The van der Waals surface area contributed by atoms with Gasteiger partial charge in [0.05, 0.1) is 0 Å². The predicted octanol–water partition coefficient (Wildman–Crippen LogP) is 0.581. The van der Waals surface area contributed by atoms with Gasteiger partial charge in [0, 0.05) is 6.54 Å². The van der Waals surface area contributed by atoms with Crippen LogP contribution in [0.1, 0.15) is 11.1 Å². The Labute approximate surface area is 98.7 Å². The lowest BCUT2D eigenvalue weighted by Crippen LogP contribution is -2.24. The van der Waals surface area contributed by atoms with Crippen LogP contribution in [-0.4, -0.2) is 25.4 Å². The molecule has 0 aliphatic carbocycles. The van der Waals surface area contributed by atoms with Crippen LogP contribution in [0.4, 0.5) is 0 Å². The Hall–Kier alpha value is -2.04. The number of rotatable bonds is 3. The summed E-state index contributed by atoms with van der Waals surface area (Å²) in [4.78, 5) is 21.0. The average Bonchev–Trinajstić information content (AvgIpc) is 2.35. The zero-order chi connectivity index (χ0) is 12.3. The van der Waals surface area contributed by atoms with Crippen LogP contribution >= 0.6 is 0 Å². The molecule has 0 bridgehead atoms. The van der Waals surface area contributed by atoms with Crippen LogP contribution in [0.15, 0.2) is 12.1 Å². The van der Waals surface area contributed by atoms with Crippen LogP contribution in [-0.2, 0) is 16.1 Å². The molecular weight excluding hydrogens is 222 g/mol. The van der Waals surface area contributed by atoms with Crippen molar-refractivity contribution in [3.05, 3.63) is 23.3 Å². The second-order valence-corrected chi connectivity index (χ2v) is 3.76. The van der Waals surface area contributed by atoms with Crippen molar-refractivity contribution < 1.29 is 19.1 Å². The number of fused-ring (bicyclic) bond motifs is 1. The third-order valence-corrected chi connectivity index (χ3v) is 2.56. The molecule has 0 unspecified atom stereocenters. The van der Waals surface area contributed by atoms with Gasteiger partial charge >= 0.3 is 0 Å². The normalized spacial score (nSPS) is 13.0. The molecule has 17 heavy (non-hydrogen) atoms. The molecule has 5 nitrogen and oxygen atoms in total. The first-order valence-corrected chi connectivity index (χ1v) is 5.33. The molecule has 0 radical (unpaired) electrons. The Balaban J connectivity index is 2.17. The van der Waals surface area contributed by atoms with Crippen LogP contribution < -0.4 is 14.8 Å². The van der Waals surface area contributed by atoms with Gasteiger partial charge in [-0.25, -0.2) is 0 Å². The van der Waals surface area contributed by atoms with E-state index in [0.29, 0.717) is 25.5 Å². The van der Waals surface area contributed by atoms with Gasteiger partial charge in [-0.15, -0.1) is 0 Å². The highest BCUT2D eigenvalue weighted by Gasteiger charge is 2.14. The fraction of sp³-hybridized carbons (Fsp3) is 0.333. The molecule has 0 aromatic heterocycles. The van der Waals surface area contributed by atoms with E-state index >= 15 is 0 Å². The molecule has 2 rings (SSSR count). The summed E-state index contributed by atoms with van der Waals surface area (Å²) in [5, 5.41) is 2.49. The van der Waals surface area contributed by atoms with E-state index in [2.05, 4.69) is 5.32 Å². The van der Waals surface area contributed by atoms with Crippen molar-refractivity contribution in [3.63, 3.8) is 0 Å². The molecule has 1 aromatic carbocycles. The summed E-state index contributed by atoms with van der Waals surface area (Å²) in [6.45, 7) is 3.30. The summed E-state index contributed by atoms with van der Waals surface area (Å²) in [5.74, 6) is 0.774. The summed E-state index contributed by atoms with van der Waals surface area (Å²) >= 11 is 0. The highest BCUT2D eigenvalue weighted by molar-refractivity contribution is 6.23. The number of hydrogen-bond donors (Lipinski definition) is 1. The van der Waals surface area contributed by atoms with Crippen LogP contribution in [0.25, 0.3) is 0 Å². The number of carbonyl (C=O) groups is 2. The van der Waals surface area contributed by atoms with E-state index in [9.17, 15) is 9.59 Å². The van der Waals surface area contributed by atoms with Gasteiger partial charge in [-0.05, 0) is 30.2 Å². The lowest BCUT2D eigenvalue weighted by Gasteiger charge is -2.20. The summed E-state index contributed by atoms with van der Waals surface area (Å²) in [7, 11) is 0. The zero-order valence-electron chi connectivity index (χ0n) is 9.49. The minimum absolute atomic E-state index is 0.257. The summed E-state index contributed by atoms with van der Waals surface area (Å²) < 4.78 is 10.9. The van der Waals surface area contributed by atoms with Gasteiger partial charge in [0.15, 0.2) is 11.5 Å². The van der Waals surface area contributed by atoms with Crippen molar-refractivity contribution in [1.29, 1.82) is 0 Å². The molecule has 1 aromatic rings. The Morgan fingerprint density at radius 1 is 1.35 bits per heavy atom. The molecule has 0 saturated heterocycles. The van der Waals surface area contributed by atoms with E-state index in [1.165, 1.54) is 0 Å². The molecule has 1 amide bonds. The number of amides is 1. The largest absolute Gasteiger partial charge is 0.486 e. The van der Waals surface area contributed by atoms with E-state index < -0.39 is 5.91 Å². The standard InChI is InChI=1S/C12H13NO4/c1-8-4-10-11(17-3-2-16-10)5-9(8)6-13-12(15)7-14/h4-5,7H,2-3,6H2,1H3,(H,13,15). The SMILES string of the molecule is Cc1cc2c(cc1CNC(=O)C=O)OCCO2. The molecule has 1 aliphatic heterocycles. The third kappa shape index (κ3) is 2.55. The smallest absolute Gasteiger partial charge is 0.284 e. The highest BCUT2D eigenvalue weighted by Crippen LogP contribution is 2.32. The third-order valence-electron chi connectivity index (χ3n) is 2.56. The van der Waals surface area contributed by atoms with Crippen molar-refractivity contribution in [3.8, 4) is 11.5 Å². The summed E-state index contributed by atoms with van der Waals surface area (Å²) in [6.07, 6.45) is 0.257. The Kier molecular flexibility index (Phi) is 3.27. The molecule has 5 heteroatoms. The average molecular weight is 235 g/mol. The molecule has 1 N–H and O–H groups in total. The topological polar surface area (TPSA) is 64.6 Å². The fourth-order valence-corrected chi connectivity index (χ4v) is 1.65. The van der Waals surface area contributed by atoms with E-state index in [1.54, 1.807) is 0 Å². The second kappa shape index (κ2) is 4.86. The maximum atomic E-state index is 10.9. The van der Waals surface area contributed by atoms with Crippen molar-refractivity contribution >= 4 is 12.2 Å². The second-order valence-electron chi connectivity index (χ2n) is 3.76. The van der Waals surface area contributed by atoms with Crippen molar-refractivity contribution in [2.45, 2.75) is 13.5 Å². The van der Waals surface area contributed by atoms with Crippen LogP contribution in [0.3, 0.4) is 0 Å². The molecule has 1 heterocycles. The summed E-state index contributed by atoms with van der Waals surface area (Å²) in [5.41, 5.74) is 1.89. The quantitative estimate of drug-likeness (QED) is 0.615. The molecule has 0 spiro atoms. The number of carbonyl (C=O) groups excluding carboxylic acids is 2. The molecular formula is C12H13NO4. The first-order chi connectivity index (χ1) is 8.20. The van der Waals surface area contributed by atoms with E-state index in [0.717, 1.165) is 16.9 Å². The van der Waals surface area contributed by atoms with Crippen molar-refractivity contribution in [2.24, 2.45) is 0 Å². The number of aldehydes is 1. The Morgan fingerprint density at radius 2 is 2.00 bits per heavy atom. The fourth-order valence-electron chi connectivity index (χ4n) is 1.65. The summed E-state index contributed by atoms with van der Waals surface area (Å²) in [6, 6.07) is 3.70. The van der Waals surface area contributed by atoms with Crippen LogP contribution in [0.2, 0.25) is 0 Å². The number of benzene rings is 1. The number of nitrogens with one attached hydrogen (secondary N) is 1. The molecule has 1 aliphatic rings. The van der Waals surface area contributed by atoms with Gasteiger partial charge in [-0.1, -0.05) is 0 Å². The Morgan fingerprint density at radius 3 is 2.65 bits per heavy atom. The van der Waals surface area contributed by atoms with Gasteiger partial charge in [0.25, 0.3) is 5.91 Å². The molecule has 0 atom stereocenters. The van der Waals surface area contributed by atoms with Gasteiger partial charge in [0.1, 0.15) is 13.2 Å². The van der Waals surface area contributed by atoms with Crippen molar-refractivity contribution in [1.82, 2.24) is 5.32 Å². The predicted molar refractivity (Wildman–Crippen MR) is 60.1 cm³/mol. The van der Waals surface area contributed by atoms with Crippen LogP contribution in [0, 0.1) is 6.92 Å². The van der Waals surface area contributed by atoms with E-state index in [-0.39, 0.29) is 6.29 Å². The maximum absolute atomic E-state index is 10.9. The van der Waals surface area contributed by atoms with E-state index in [1.807, 2.05) is 19.1 Å². The van der Waals surface area contributed by atoms with Gasteiger partial charge < -0.3 is 14.8 Å². The first-order valence-electron chi connectivity index (χ1n) is 5.33. The molecule has 0 saturated carbocycles.